The second-order valence-electron chi connectivity index (χ2n) is 7.98. The van der Waals surface area contributed by atoms with E-state index in [1.807, 2.05) is 42.2 Å². The number of nitrogens with one attached hydrogen (secondary N) is 1. The third kappa shape index (κ3) is 3.10. The van der Waals surface area contributed by atoms with Gasteiger partial charge in [-0.05, 0) is 56.2 Å². The number of carbonyl (C=O) groups excluding carboxylic acids is 1. The molecule has 3 aromatic rings. The van der Waals surface area contributed by atoms with Crippen molar-refractivity contribution in [3.63, 3.8) is 0 Å². The molecule has 7 heteroatoms. The summed E-state index contributed by atoms with van der Waals surface area (Å²) >= 11 is 0. The first-order chi connectivity index (χ1) is 13.6. The summed E-state index contributed by atoms with van der Waals surface area (Å²) in [6, 6.07) is 9.49. The van der Waals surface area contributed by atoms with E-state index in [1.165, 1.54) is 12.8 Å². The van der Waals surface area contributed by atoms with Crippen molar-refractivity contribution < 1.29 is 9.21 Å². The van der Waals surface area contributed by atoms with Crippen LogP contribution in [0.3, 0.4) is 0 Å². The van der Waals surface area contributed by atoms with E-state index in [2.05, 4.69) is 20.5 Å². The maximum absolute atomic E-state index is 12.8. The molecular weight excluding hydrogens is 354 g/mol. The highest BCUT2D eigenvalue weighted by Gasteiger charge is 2.45. The van der Waals surface area contributed by atoms with Crippen LogP contribution in [0.25, 0.3) is 22.4 Å². The zero-order valence-electron chi connectivity index (χ0n) is 15.9. The fraction of sp³-hybridized carbons (Fsp3) is 0.429. The molecule has 1 aliphatic carbocycles. The number of anilines is 1. The molecule has 1 N–H and O–H groups in total. The molecule has 2 fully saturated rings. The van der Waals surface area contributed by atoms with E-state index in [4.69, 9.17) is 4.42 Å². The van der Waals surface area contributed by atoms with Crippen molar-refractivity contribution in [3.8, 4) is 11.5 Å². The van der Waals surface area contributed by atoms with Crippen LogP contribution in [0.4, 0.5) is 6.01 Å². The normalized spacial score (nSPS) is 19.0. The van der Waals surface area contributed by atoms with Gasteiger partial charge in [0.05, 0.1) is 5.52 Å². The zero-order valence-corrected chi connectivity index (χ0v) is 15.9. The topological polar surface area (TPSA) is 84.1 Å². The van der Waals surface area contributed by atoms with Gasteiger partial charge < -0.3 is 14.6 Å². The van der Waals surface area contributed by atoms with Crippen molar-refractivity contribution in [2.45, 2.75) is 38.6 Å². The second-order valence-corrected chi connectivity index (χ2v) is 7.98. The molecule has 1 saturated heterocycles. The Hall–Kier alpha value is -2.96. The van der Waals surface area contributed by atoms with Crippen molar-refractivity contribution in [2.75, 3.05) is 18.4 Å². The average Bonchev–Trinajstić information content (AvgIpc) is 3.32. The van der Waals surface area contributed by atoms with Crippen LogP contribution in [0.2, 0.25) is 0 Å². The van der Waals surface area contributed by atoms with Gasteiger partial charge in [-0.1, -0.05) is 17.2 Å². The minimum Gasteiger partial charge on any atom is -0.403 e. The number of piperidine rings is 1. The lowest BCUT2D eigenvalue weighted by Crippen LogP contribution is -2.45. The first-order valence-corrected chi connectivity index (χ1v) is 9.87. The Morgan fingerprint density at radius 1 is 1.14 bits per heavy atom. The monoisotopic (exact) mass is 377 g/mol. The molecule has 5 rings (SSSR count). The third-order valence-electron chi connectivity index (χ3n) is 6.10. The third-order valence-corrected chi connectivity index (χ3v) is 6.10. The molecule has 1 spiro atoms. The maximum Gasteiger partial charge on any atom is 0.316 e. The number of fused-ring (bicyclic) bond motifs is 1. The average molecular weight is 377 g/mol. The molecule has 1 aromatic carbocycles. The summed E-state index contributed by atoms with van der Waals surface area (Å²) in [4.78, 5) is 19.1. The Bertz CT molecular complexity index is 1010. The number of rotatable bonds is 4. The highest BCUT2D eigenvalue weighted by atomic mass is 16.4. The van der Waals surface area contributed by atoms with E-state index in [1.54, 1.807) is 6.20 Å². The first-order valence-electron chi connectivity index (χ1n) is 9.87. The van der Waals surface area contributed by atoms with Crippen LogP contribution in [0.5, 0.6) is 0 Å². The fourth-order valence-electron chi connectivity index (χ4n) is 4.08. The van der Waals surface area contributed by atoms with E-state index >= 15 is 0 Å². The van der Waals surface area contributed by atoms with E-state index in [0.717, 1.165) is 42.4 Å². The molecule has 1 amide bonds. The van der Waals surface area contributed by atoms with Gasteiger partial charge in [0.25, 0.3) is 0 Å². The second kappa shape index (κ2) is 6.58. The molecule has 7 nitrogen and oxygen atoms in total. The van der Waals surface area contributed by atoms with Gasteiger partial charge in [0, 0.05) is 30.2 Å². The van der Waals surface area contributed by atoms with Gasteiger partial charge in [0.15, 0.2) is 0 Å². The van der Waals surface area contributed by atoms with Crippen LogP contribution in [-0.2, 0) is 4.79 Å². The molecule has 3 heterocycles. The number of amides is 1. The molecule has 2 aromatic heterocycles. The molecule has 0 bridgehead atoms. The number of hydrogen-bond acceptors (Lipinski definition) is 6. The summed E-state index contributed by atoms with van der Waals surface area (Å²) < 4.78 is 5.80. The predicted octanol–water partition coefficient (Wildman–Crippen LogP) is 3.49. The van der Waals surface area contributed by atoms with Gasteiger partial charge in [-0.25, -0.2) is 0 Å². The lowest BCUT2D eigenvalue weighted by molar-refractivity contribution is -0.133. The Morgan fingerprint density at radius 2 is 1.96 bits per heavy atom. The van der Waals surface area contributed by atoms with Crippen molar-refractivity contribution in [2.24, 2.45) is 5.41 Å². The predicted molar refractivity (Wildman–Crippen MR) is 106 cm³/mol. The largest absolute Gasteiger partial charge is 0.403 e. The van der Waals surface area contributed by atoms with Gasteiger partial charge in [0.1, 0.15) is 6.04 Å². The van der Waals surface area contributed by atoms with E-state index in [0.29, 0.717) is 11.3 Å². The van der Waals surface area contributed by atoms with Crippen molar-refractivity contribution >= 4 is 22.8 Å². The summed E-state index contributed by atoms with van der Waals surface area (Å²) in [5, 5.41) is 12.3. The lowest BCUT2D eigenvalue weighted by Gasteiger charge is -2.33. The number of likely N-dealkylation sites (tertiary alicyclic amines) is 1. The zero-order chi connectivity index (χ0) is 19.1. The molecule has 28 heavy (non-hydrogen) atoms. The van der Waals surface area contributed by atoms with E-state index in [-0.39, 0.29) is 11.9 Å². The van der Waals surface area contributed by atoms with Crippen molar-refractivity contribution in [1.29, 1.82) is 0 Å². The standard InChI is InChI=1S/C21H23N5O2/c1-14(19(27)26-12-9-21(7-8-21)10-13-26)23-20-25-24-18(28-20)16-4-2-6-17-15(16)5-3-11-22-17/h2-6,11,14H,7-10,12-13H2,1H3,(H,23,25)/t14-/m0/s1. The number of pyridine rings is 1. The van der Waals surface area contributed by atoms with Gasteiger partial charge in [-0.3, -0.25) is 9.78 Å². The van der Waals surface area contributed by atoms with Gasteiger partial charge in [-0.15, -0.1) is 5.10 Å². The van der Waals surface area contributed by atoms with Crippen LogP contribution >= 0.6 is 0 Å². The quantitative estimate of drug-likeness (QED) is 0.749. The Balaban J connectivity index is 1.29. The van der Waals surface area contributed by atoms with Crippen molar-refractivity contribution in [1.82, 2.24) is 20.1 Å². The molecule has 1 saturated carbocycles. The minimum absolute atomic E-state index is 0.0876. The van der Waals surface area contributed by atoms with Crippen LogP contribution in [0, 0.1) is 5.41 Å². The van der Waals surface area contributed by atoms with Crippen LogP contribution in [-0.4, -0.2) is 45.1 Å². The summed E-state index contributed by atoms with van der Waals surface area (Å²) in [5.74, 6) is 0.499. The van der Waals surface area contributed by atoms with Gasteiger partial charge >= 0.3 is 6.01 Å². The highest BCUT2D eigenvalue weighted by molar-refractivity contribution is 5.92. The SMILES string of the molecule is C[C@H](Nc1nnc(-c2cccc3ncccc23)o1)C(=O)N1CCC2(CC1)CC2. The van der Waals surface area contributed by atoms with Crippen LogP contribution < -0.4 is 5.32 Å². The molecular formula is C21H23N5O2. The first kappa shape index (κ1) is 17.2. The number of benzene rings is 1. The lowest BCUT2D eigenvalue weighted by atomic mass is 9.93. The summed E-state index contributed by atoms with van der Waals surface area (Å²) in [5.41, 5.74) is 2.26. The van der Waals surface area contributed by atoms with E-state index < -0.39 is 6.04 Å². The Morgan fingerprint density at radius 3 is 2.75 bits per heavy atom. The number of nitrogens with zero attached hydrogens (tertiary/aromatic N) is 4. The Labute approximate surface area is 163 Å². The Kier molecular flexibility index (Phi) is 4.03. The highest BCUT2D eigenvalue weighted by Crippen LogP contribution is 2.53. The van der Waals surface area contributed by atoms with E-state index in [9.17, 15) is 4.79 Å². The molecule has 1 atom stereocenters. The van der Waals surface area contributed by atoms with Crippen LogP contribution in [0.1, 0.15) is 32.6 Å². The summed E-state index contributed by atoms with van der Waals surface area (Å²) in [6.45, 7) is 3.54. The maximum atomic E-state index is 12.8. The number of carbonyl (C=O) groups is 1. The molecule has 0 unspecified atom stereocenters. The van der Waals surface area contributed by atoms with Gasteiger partial charge in [-0.2, -0.15) is 0 Å². The van der Waals surface area contributed by atoms with Crippen LogP contribution in [0.15, 0.2) is 40.9 Å². The number of hydrogen-bond donors (Lipinski definition) is 1. The number of aromatic nitrogens is 3. The van der Waals surface area contributed by atoms with Crippen molar-refractivity contribution in [3.05, 3.63) is 36.5 Å². The molecule has 2 aliphatic rings. The molecule has 144 valence electrons. The summed E-state index contributed by atoms with van der Waals surface area (Å²) in [6.07, 6.45) is 6.68. The van der Waals surface area contributed by atoms with Gasteiger partial charge in [0.2, 0.25) is 11.8 Å². The minimum atomic E-state index is -0.407. The summed E-state index contributed by atoms with van der Waals surface area (Å²) in [7, 11) is 0. The fourth-order valence-corrected chi connectivity index (χ4v) is 4.08. The molecule has 1 aliphatic heterocycles. The molecule has 0 radical (unpaired) electrons. The smallest absolute Gasteiger partial charge is 0.316 e.